The highest BCUT2D eigenvalue weighted by Crippen LogP contribution is 2.38. The number of hydrogen-bond donors (Lipinski definition) is 2. The highest BCUT2D eigenvalue weighted by Gasteiger charge is 2.29. The second-order valence-electron chi connectivity index (χ2n) is 6.65. The molecule has 2 aromatic heterocycles. The predicted octanol–water partition coefficient (Wildman–Crippen LogP) is 2.80. The van der Waals surface area contributed by atoms with Gasteiger partial charge in [-0.05, 0) is 25.8 Å². The van der Waals surface area contributed by atoms with E-state index in [9.17, 15) is 4.79 Å². The SMILES string of the molecule is Cc1nc(C(C)C)c2c(n1)N(C(C)c1cccnc1N)CCC(=O)N2. The Morgan fingerprint density at radius 2 is 2.04 bits per heavy atom. The van der Waals surface area contributed by atoms with E-state index in [0.717, 1.165) is 17.1 Å². The highest BCUT2D eigenvalue weighted by molar-refractivity contribution is 5.96. The lowest BCUT2D eigenvalue weighted by Crippen LogP contribution is -2.29. The largest absolute Gasteiger partial charge is 0.383 e. The third-order valence-electron chi connectivity index (χ3n) is 4.48. The number of anilines is 3. The molecule has 132 valence electrons. The molecule has 1 aliphatic heterocycles. The summed E-state index contributed by atoms with van der Waals surface area (Å²) in [5.41, 5.74) is 8.55. The summed E-state index contributed by atoms with van der Waals surface area (Å²) in [6, 6.07) is 3.77. The zero-order chi connectivity index (χ0) is 18.1. The second-order valence-corrected chi connectivity index (χ2v) is 6.65. The first kappa shape index (κ1) is 17.1. The van der Waals surface area contributed by atoms with Gasteiger partial charge >= 0.3 is 0 Å². The van der Waals surface area contributed by atoms with E-state index in [0.29, 0.717) is 30.3 Å². The minimum absolute atomic E-state index is 0.0236. The highest BCUT2D eigenvalue weighted by atomic mass is 16.1. The first-order valence-electron chi connectivity index (χ1n) is 8.54. The fraction of sp³-hybridized carbons (Fsp3) is 0.444. The smallest absolute Gasteiger partial charge is 0.226 e. The van der Waals surface area contributed by atoms with Gasteiger partial charge in [-0.25, -0.2) is 15.0 Å². The summed E-state index contributed by atoms with van der Waals surface area (Å²) in [6.45, 7) is 8.61. The molecule has 1 amide bonds. The Kier molecular flexibility index (Phi) is 4.57. The summed E-state index contributed by atoms with van der Waals surface area (Å²) in [6.07, 6.45) is 2.06. The van der Waals surface area contributed by atoms with E-state index in [1.54, 1.807) is 6.20 Å². The summed E-state index contributed by atoms with van der Waals surface area (Å²) in [7, 11) is 0. The van der Waals surface area contributed by atoms with Gasteiger partial charge in [0, 0.05) is 24.7 Å². The van der Waals surface area contributed by atoms with E-state index in [4.69, 9.17) is 5.73 Å². The van der Waals surface area contributed by atoms with Crippen molar-refractivity contribution in [1.29, 1.82) is 0 Å². The fourth-order valence-electron chi connectivity index (χ4n) is 3.18. The molecule has 0 aliphatic carbocycles. The van der Waals surface area contributed by atoms with Gasteiger partial charge in [-0.2, -0.15) is 0 Å². The summed E-state index contributed by atoms with van der Waals surface area (Å²) in [5, 5.41) is 3.00. The number of amides is 1. The van der Waals surface area contributed by atoms with Crippen LogP contribution in [-0.4, -0.2) is 27.4 Å². The number of nitrogens with two attached hydrogens (primary N) is 1. The van der Waals surface area contributed by atoms with Crippen LogP contribution >= 0.6 is 0 Å². The van der Waals surface area contributed by atoms with Gasteiger partial charge in [0.25, 0.3) is 0 Å². The lowest BCUT2D eigenvalue weighted by Gasteiger charge is -2.31. The summed E-state index contributed by atoms with van der Waals surface area (Å²) >= 11 is 0. The van der Waals surface area contributed by atoms with Crippen molar-refractivity contribution in [2.24, 2.45) is 0 Å². The van der Waals surface area contributed by atoms with Crippen molar-refractivity contribution >= 4 is 23.2 Å². The molecule has 7 nitrogen and oxygen atoms in total. The van der Waals surface area contributed by atoms with Crippen molar-refractivity contribution < 1.29 is 4.79 Å². The van der Waals surface area contributed by atoms with Crippen LogP contribution in [0, 0.1) is 6.92 Å². The minimum atomic E-state index is -0.0607. The molecule has 0 radical (unpaired) electrons. The number of rotatable bonds is 3. The topological polar surface area (TPSA) is 97.0 Å². The van der Waals surface area contributed by atoms with Gasteiger partial charge in [-0.1, -0.05) is 19.9 Å². The first-order valence-corrected chi connectivity index (χ1v) is 8.54. The Labute approximate surface area is 147 Å². The van der Waals surface area contributed by atoms with E-state index in [-0.39, 0.29) is 17.9 Å². The molecule has 0 fully saturated rings. The molecule has 3 N–H and O–H groups in total. The number of nitrogens with one attached hydrogen (secondary N) is 1. The van der Waals surface area contributed by atoms with Gasteiger partial charge in [-0.15, -0.1) is 0 Å². The van der Waals surface area contributed by atoms with Crippen molar-refractivity contribution in [3.8, 4) is 0 Å². The number of carbonyl (C=O) groups excluding carboxylic acids is 1. The zero-order valence-electron chi connectivity index (χ0n) is 15.1. The van der Waals surface area contributed by atoms with Crippen LogP contribution < -0.4 is 16.0 Å². The van der Waals surface area contributed by atoms with Gasteiger partial charge in [0.1, 0.15) is 17.3 Å². The van der Waals surface area contributed by atoms with Gasteiger partial charge in [-0.3, -0.25) is 4.79 Å². The van der Waals surface area contributed by atoms with Crippen molar-refractivity contribution in [2.75, 3.05) is 22.5 Å². The Bertz CT molecular complexity index is 804. The molecule has 1 aliphatic rings. The van der Waals surface area contributed by atoms with E-state index >= 15 is 0 Å². The third-order valence-corrected chi connectivity index (χ3v) is 4.48. The summed E-state index contributed by atoms with van der Waals surface area (Å²) in [5.74, 6) is 2.08. The predicted molar refractivity (Wildman–Crippen MR) is 98.5 cm³/mol. The molecule has 0 spiro atoms. The van der Waals surface area contributed by atoms with Crippen LogP contribution in [0.15, 0.2) is 18.3 Å². The van der Waals surface area contributed by atoms with Crippen LogP contribution in [0.2, 0.25) is 0 Å². The average molecular weight is 340 g/mol. The van der Waals surface area contributed by atoms with E-state index in [1.807, 2.05) is 19.1 Å². The molecule has 0 saturated carbocycles. The maximum absolute atomic E-state index is 12.2. The lowest BCUT2D eigenvalue weighted by atomic mass is 10.1. The van der Waals surface area contributed by atoms with E-state index < -0.39 is 0 Å². The van der Waals surface area contributed by atoms with Crippen molar-refractivity contribution in [3.63, 3.8) is 0 Å². The molecule has 1 unspecified atom stereocenters. The molecule has 25 heavy (non-hydrogen) atoms. The van der Waals surface area contributed by atoms with Gasteiger partial charge in [0.15, 0.2) is 5.82 Å². The van der Waals surface area contributed by atoms with Crippen LogP contribution in [0.4, 0.5) is 17.3 Å². The Hall–Kier alpha value is -2.70. The standard InChI is InChI=1S/C18H24N6O/c1-10(2)15-16-18(22-12(4)21-15)24(9-7-14(25)23-16)11(3)13-6-5-8-20-17(13)19/h5-6,8,10-11H,7,9H2,1-4H3,(H2,19,20)(H,23,25). The van der Waals surface area contributed by atoms with E-state index in [2.05, 4.69) is 45.9 Å². The molecule has 0 aromatic carbocycles. The van der Waals surface area contributed by atoms with Gasteiger partial charge < -0.3 is 16.0 Å². The molecule has 3 heterocycles. The van der Waals surface area contributed by atoms with Crippen molar-refractivity contribution in [1.82, 2.24) is 15.0 Å². The molecule has 3 rings (SSSR count). The van der Waals surface area contributed by atoms with Crippen LogP contribution in [0.3, 0.4) is 0 Å². The lowest BCUT2D eigenvalue weighted by molar-refractivity contribution is -0.116. The number of aryl methyl sites for hydroxylation is 1. The number of aromatic nitrogens is 3. The molecule has 0 saturated heterocycles. The minimum Gasteiger partial charge on any atom is -0.383 e. The van der Waals surface area contributed by atoms with Crippen molar-refractivity contribution in [3.05, 3.63) is 35.4 Å². The number of nitrogens with zero attached hydrogens (tertiary/aromatic N) is 4. The molecule has 2 aromatic rings. The monoisotopic (exact) mass is 340 g/mol. The van der Waals surface area contributed by atoms with Crippen LogP contribution in [-0.2, 0) is 4.79 Å². The van der Waals surface area contributed by atoms with Crippen LogP contribution in [0.5, 0.6) is 0 Å². The maximum Gasteiger partial charge on any atom is 0.226 e. The van der Waals surface area contributed by atoms with Crippen LogP contribution in [0.25, 0.3) is 0 Å². The zero-order valence-corrected chi connectivity index (χ0v) is 15.1. The second kappa shape index (κ2) is 6.66. The number of fused-ring (bicyclic) bond motifs is 1. The Morgan fingerprint density at radius 1 is 1.28 bits per heavy atom. The molecular weight excluding hydrogens is 316 g/mol. The Balaban J connectivity index is 2.14. The normalized spacial score (nSPS) is 15.6. The van der Waals surface area contributed by atoms with E-state index in [1.165, 1.54) is 0 Å². The van der Waals surface area contributed by atoms with Crippen LogP contribution in [0.1, 0.15) is 56.2 Å². The molecule has 1 atom stereocenters. The average Bonchev–Trinajstić information content (AvgIpc) is 2.72. The quantitative estimate of drug-likeness (QED) is 0.892. The summed E-state index contributed by atoms with van der Waals surface area (Å²) in [4.78, 5) is 27.8. The summed E-state index contributed by atoms with van der Waals surface area (Å²) < 4.78 is 0. The number of hydrogen-bond acceptors (Lipinski definition) is 6. The number of pyridine rings is 1. The first-order chi connectivity index (χ1) is 11.9. The fourth-order valence-corrected chi connectivity index (χ4v) is 3.18. The molecule has 7 heteroatoms. The number of carbonyl (C=O) groups is 1. The van der Waals surface area contributed by atoms with Crippen molar-refractivity contribution in [2.45, 2.75) is 46.1 Å². The molecular formula is C18H24N6O. The maximum atomic E-state index is 12.2. The third kappa shape index (κ3) is 3.26. The van der Waals surface area contributed by atoms with Gasteiger partial charge in [0.2, 0.25) is 5.91 Å². The van der Waals surface area contributed by atoms with Gasteiger partial charge in [0.05, 0.1) is 11.7 Å². The molecule has 0 bridgehead atoms. The number of nitrogen functional groups attached to an aromatic ring is 1. The Morgan fingerprint density at radius 3 is 2.72 bits per heavy atom.